The van der Waals surface area contributed by atoms with Gasteiger partial charge in [0, 0.05) is 25.4 Å². The maximum absolute atomic E-state index is 12.9. The number of amides is 1. The van der Waals surface area contributed by atoms with E-state index < -0.39 is 16.1 Å². The van der Waals surface area contributed by atoms with Crippen molar-refractivity contribution in [2.45, 2.75) is 43.3 Å². The zero-order valence-electron chi connectivity index (χ0n) is 16.4. The van der Waals surface area contributed by atoms with E-state index in [1.165, 1.54) is 16.4 Å². The highest BCUT2D eigenvalue weighted by Crippen LogP contribution is 2.28. The average molecular weight is 447 g/mol. The third kappa shape index (κ3) is 5.90. The van der Waals surface area contributed by atoms with E-state index in [0.717, 1.165) is 25.9 Å². The van der Waals surface area contributed by atoms with Crippen LogP contribution < -0.4 is 5.32 Å². The van der Waals surface area contributed by atoms with Crippen LogP contribution in [0.25, 0.3) is 0 Å². The highest BCUT2D eigenvalue weighted by atomic mass is 35.5. The van der Waals surface area contributed by atoms with Gasteiger partial charge in [-0.3, -0.25) is 4.79 Å². The van der Waals surface area contributed by atoms with E-state index in [4.69, 9.17) is 25.8 Å². The summed E-state index contributed by atoms with van der Waals surface area (Å²) in [5, 5.41) is 2.81. The van der Waals surface area contributed by atoms with Gasteiger partial charge in [-0.25, -0.2) is 8.42 Å². The molecule has 1 aromatic rings. The molecule has 0 saturated carbocycles. The number of morpholine rings is 1. The Morgan fingerprint density at radius 2 is 2.07 bits per heavy atom. The number of rotatable bonds is 7. The van der Waals surface area contributed by atoms with Crippen LogP contribution in [-0.4, -0.2) is 70.4 Å². The lowest BCUT2D eigenvalue weighted by molar-refractivity contribution is -0.130. The third-order valence-corrected chi connectivity index (χ3v) is 7.34. The SMILES string of the molecule is CC(OCC1CCCCO1)C(=O)Nc1ccc(Cl)c(S(=O)(=O)N2CCOCC2)c1. The Labute approximate surface area is 176 Å². The summed E-state index contributed by atoms with van der Waals surface area (Å²) in [7, 11) is -3.77. The van der Waals surface area contributed by atoms with Crippen LogP contribution in [0, 0.1) is 0 Å². The van der Waals surface area contributed by atoms with Crippen LogP contribution in [-0.2, 0) is 29.0 Å². The van der Waals surface area contributed by atoms with Crippen molar-refractivity contribution in [2.24, 2.45) is 0 Å². The van der Waals surface area contributed by atoms with Crippen LogP contribution in [0.1, 0.15) is 26.2 Å². The van der Waals surface area contributed by atoms with Gasteiger partial charge in [0.1, 0.15) is 11.0 Å². The Balaban J connectivity index is 1.63. The molecule has 0 aliphatic carbocycles. The smallest absolute Gasteiger partial charge is 0.253 e. The van der Waals surface area contributed by atoms with Gasteiger partial charge in [0.2, 0.25) is 10.0 Å². The number of anilines is 1. The number of hydrogen-bond donors (Lipinski definition) is 1. The predicted octanol–water partition coefficient (Wildman–Crippen LogP) is 2.27. The minimum Gasteiger partial charge on any atom is -0.379 e. The summed E-state index contributed by atoms with van der Waals surface area (Å²) in [6, 6.07) is 4.41. The first-order chi connectivity index (χ1) is 13.9. The van der Waals surface area contributed by atoms with Gasteiger partial charge in [-0.15, -0.1) is 0 Å². The Hall–Kier alpha value is -1.23. The number of halogens is 1. The molecule has 2 fully saturated rings. The Bertz CT molecular complexity index is 807. The van der Waals surface area contributed by atoms with Crippen LogP contribution in [0.2, 0.25) is 5.02 Å². The van der Waals surface area contributed by atoms with Crippen molar-refractivity contribution in [1.82, 2.24) is 4.31 Å². The Morgan fingerprint density at radius 3 is 2.76 bits per heavy atom. The second-order valence-electron chi connectivity index (χ2n) is 7.12. The number of sulfonamides is 1. The monoisotopic (exact) mass is 446 g/mol. The van der Waals surface area contributed by atoms with E-state index in [1.807, 2.05) is 0 Å². The van der Waals surface area contributed by atoms with Gasteiger partial charge in [-0.2, -0.15) is 4.31 Å². The van der Waals surface area contributed by atoms with Crippen molar-refractivity contribution in [1.29, 1.82) is 0 Å². The summed E-state index contributed by atoms with van der Waals surface area (Å²) in [5.74, 6) is -0.363. The van der Waals surface area contributed by atoms with E-state index >= 15 is 0 Å². The van der Waals surface area contributed by atoms with E-state index in [1.54, 1.807) is 13.0 Å². The quantitative estimate of drug-likeness (QED) is 0.690. The molecule has 10 heteroatoms. The molecule has 29 heavy (non-hydrogen) atoms. The summed E-state index contributed by atoms with van der Waals surface area (Å²) >= 11 is 6.15. The van der Waals surface area contributed by atoms with Crippen LogP contribution in [0.5, 0.6) is 0 Å². The van der Waals surface area contributed by atoms with Gasteiger partial charge in [-0.1, -0.05) is 11.6 Å². The molecule has 2 atom stereocenters. The summed E-state index contributed by atoms with van der Waals surface area (Å²) < 4.78 is 43.6. The number of nitrogens with one attached hydrogen (secondary N) is 1. The lowest BCUT2D eigenvalue weighted by atomic mass is 10.1. The third-order valence-electron chi connectivity index (χ3n) is 4.96. The van der Waals surface area contributed by atoms with Gasteiger partial charge in [0.25, 0.3) is 5.91 Å². The Kier molecular flexibility index (Phi) is 7.89. The van der Waals surface area contributed by atoms with Crippen molar-refractivity contribution >= 4 is 33.2 Å². The second-order valence-corrected chi connectivity index (χ2v) is 9.43. The van der Waals surface area contributed by atoms with E-state index in [-0.39, 0.29) is 35.0 Å². The normalized spacial score (nSPS) is 22.2. The average Bonchev–Trinajstić information content (AvgIpc) is 2.74. The van der Waals surface area contributed by atoms with Crippen molar-refractivity contribution < 1.29 is 27.4 Å². The van der Waals surface area contributed by atoms with Gasteiger partial charge in [0.15, 0.2) is 0 Å². The highest BCUT2D eigenvalue weighted by molar-refractivity contribution is 7.89. The first-order valence-electron chi connectivity index (χ1n) is 9.79. The molecule has 0 aromatic heterocycles. The molecule has 8 nitrogen and oxygen atoms in total. The maximum Gasteiger partial charge on any atom is 0.253 e. The molecule has 2 heterocycles. The second kappa shape index (κ2) is 10.2. The van der Waals surface area contributed by atoms with Gasteiger partial charge in [0.05, 0.1) is 30.9 Å². The lowest BCUT2D eigenvalue weighted by Gasteiger charge is -2.26. The molecule has 2 aliphatic rings. The standard InChI is InChI=1S/C19H27ClN2O6S/c1-14(28-13-16-4-2-3-9-27-16)19(23)21-15-5-6-17(20)18(12-15)29(24,25)22-7-10-26-11-8-22/h5-6,12,14,16H,2-4,7-11,13H2,1H3,(H,21,23). The topological polar surface area (TPSA) is 94.2 Å². The number of carbonyl (C=O) groups is 1. The summed E-state index contributed by atoms with van der Waals surface area (Å²) in [6.45, 7) is 3.94. The van der Waals surface area contributed by atoms with Gasteiger partial charge >= 0.3 is 0 Å². The molecule has 0 radical (unpaired) electrons. The largest absolute Gasteiger partial charge is 0.379 e. The van der Waals surface area contributed by atoms with E-state index in [0.29, 0.717) is 25.5 Å². The maximum atomic E-state index is 12.9. The van der Waals surface area contributed by atoms with Crippen molar-refractivity contribution in [3.8, 4) is 0 Å². The fourth-order valence-electron chi connectivity index (χ4n) is 3.21. The molecule has 1 N–H and O–H groups in total. The van der Waals surface area contributed by atoms with Gasteiger partial charge < -0.3 is 19.5 Å². The predicted molar refractivity (Wildman–Crippen MR) is 109 cm³/mol. The number of benzene rings is 1. The zero-order valence-corrected chi connectivity index (χ0v) is 18.0. The molecule has 1 aromatic carbocycles. The van der Waals surface area contributed by atoms with Gasteiger partial charge in [-0.05, 0) is 44.4 Å². The van der Waals surface area contributed by atoms with E-state index in [2.05, 4.69) is 5.32 Å². The number of nitrogens with zero attached hydrogens (tertiary/aromatic N) is 1. The molecule has 2 aliphatic heterocycles. The Morgan fingerprint density at radius 1 is 1.31 bits per heavy atom. The molecule has 1 amide bonds. The summed E-state index contributed by atoms with van der Waals surface area (Å²) in [5.41, 5.74) is 0.343. The summed E-state index contributed by atoms with van der Waals surface area (Å²) in [6.07, 6.45) is 2.39. The molecular formula is C19H27ClN2O6S. The molecule has 0 spiro atoms. The van der Waals surface area contributed by atoms with Crippen molar-refractivity contribution in [3.05, 3.63) is 23.2 Å². The first kappa shape index (κ1) is 22.5. The molecule has 3 rings (SSSR count). The van der Waals surface area contributed by atoms with E-state index in [9.17, 15) is 13.2 Å². The molecule has 162 valence electrons. The van der Waals surface area contributed by atoms with Crippen LogP contribution in [0.15, 0.2) is 23.1 Å². The minimum absolute atomic E-state index is 0.0137. The fraction of sp³-hybridized carbons (Fsp3) is 0.632. The first-order valence-corrected chi connectivity index (χ1v) is 11.6. The van der Waals surface area contributed by atoms with Crippen LogP contribution in [0.4, 0.5) is 5.69 Å². The number of ether oxygens (including phenoxy) is 3. The minimum atomic E-state index is -3.77. The number of carbonyl (C=O) groups excluding carboxylic acids is 1. The summed E-state index contributed by atoms with van der Waals surface area (Å²) in [4.78, 5) is 12.4. The number of hydrogen-bond acceptors (Lipinski definition) is 6. The van der Waals surface area contributed by atoms with Crippen LogP contribution >= 0.6 is 11.6 Å². The molecule has 0 bridgehead atoms. The lowest BCUT2D eigenvalue weighted by Crippen LogP contribution is -2.40. The van der Waals surface area contributed by atoms with Crippen LogP contribution in [0.3, 0.4) is 0 Å². The highest BCUT2D eigenvalue weighted by Gasteiger charge is 2.29. The molecule has 2 unspecified atom stereocenters. The molecular weight excluding hydrogens is 420 g/mol. The fourth-order valence-corrected chi connectivity index (χ4v) is 5.12. The van der Waals surface area contributed by atoms with Crippen molar-refractivity contribution in [3.63, 3.8) is 0 Å². The molecule has 2 saturated heterocycles. The van der Waals surface area contributed by atoms with Crippen molar-refractivity contribution in [2.75, 3.05) is 44.8 Å². The zero-order chi connectivity index (χ0) is 20.9.